The van der Waals surface area contributed by atoms with E-state index in [0.717, 1.165) is 30.9 Å². The number of carbonyl (C=O) groups is 1. The van der Waals surface area contributed by atoms with Gasteiger partial charge in [0.05, 0.1) is 19.3 Å². The normalized spacial score (nSPS) is 17.1. The average molecular weight is 505 g/mol. The molecule has 0 saturated carbocycles. The fourth-order valence-corrected chi connectivity index (χ4v) is 5.30. The van der Waals surface area contributed by atoms with Crippen LogP contribution in [0.25, 0.3) is 5.70 Å². The highest BCUT2D eigenvalue weighted by molar-refractivity contribution is 9.14. The minimum atomic E-state index is -0.498. The third-order valence-electron chi connectivity index (χ3n) is 3.47. The van der Waals surface area contributed by atoms with Gasteiger partial charge in [0.15, 0.2) is 5.50 Å². The largest absolute Gasteiger partial charge is 0.344 e. The average Bonchev–Trinajstić information content (AvgIpc) is 3.15. The fraction of sp³-hybridized carbons (Fsp3) is 0.133. The van der Waals surface area contributed by atoms with Crippen molar-refractivity contribution in [2.45, 2.75) is 5.50 Å². The van der Waals surface area contributed by atoms with E-state index in [4.69, 9.17) is 0 Å². The Bertz CT molecular complexity index is 867. The monoisotopic (exact) mass is 503 g/mol. The molecule has 1 N–H and O–H groups in total. The summed E-state index contributed by atoms with van der Waals surface area (Å²) >= 11 is 9.31. The number of thioether (sulfide) groups is 1. The van der Waals surface area contributed by atoms with Crippen molar-refractivity contribution < 1.29 is 9.72 Å². The Morgan fingerprint density at radius 1 is 1.24 bits per heavy atom. The molecule has 1 aromatic heterocycles. The lowest BCUT2D eigenvalue weighted by molar-refractivity contribution is -0.380. The zero-order valence-electron chi connectivity index (χ0n) is 12.7. The van der Waals surface area contributed by atoms with Gasteiger partial charge in [0.25, 0.3) is 5.91 Å². The maximum Gasteiger partial charge on any atom is 0.324 e. The molecule has 25 heavy (non-hydrogen) atoms. The minimum Gasteiger partial charge on any atom is -0.344 e. The van der Waals surface area contributed by atoms with Crippen molar-refractivity contribution >= 4 is 71.6 Å². The first kappa shape index (κ1) is 18.4. The van der Waals surface area contributed by atoms with Crippen molar-refractivity contribution in [1.29, 1.82) is 0 Å². The quantitative estimate of drug-likeness (QED) is 0.476. The summed E-state index contributed by atoms with van der Waals surface area (Å²) in [4.78, 5) is 24.9. The number of nitro groups is 1. The summed E-state index contributed by atoms with van der Waals surface area (Å²) in [6.07, 6.45) is 0. The number of hydrogen-bond acceptors (Lipinski definition) is 6. The number of hydrogen-bond donors (Lipinski definition) is 1. The number of thiophene rings is 1. The molecule has 0 radical (unpaired) electrons. The molecule has 0 saturated heterocycles. The number of halogens is 2. The highest BCUT2D eigenvalue weighted by Crippen LogP contribution is 2.44. The molecule has 1 aliphatic rings. The molecule has 0 aliphatic carbocycles. The number of nitrogens with one attached hydrogen (secondary N) is 1. The van der Waals surface area contributed by atoms with Crippen LogP contribution in [0.4, 0.5) is 5.00 Å². The molecule has 1 unspecified atom stereocenters. The topological polar surface area (TPSA) is 75.5 Å². The molecule has 1 atom stereocenters. The Hall–Kier alpha value is -1.36. The highest BCUT2D eigenvalue weighted by atomic mass is 79.9. The van der Waals surface area contributed by atoms with Gasteiger partial charge in [-0.05, 0) is 39.7 Å². The Balaban J connectivity index is 1.73. The Labute approximate surface area is 168 Å². The summed E-state index contributed by atoms with van der Waals surface area (Å²) < 4.78 is 1.91. The van der Waals surface area contributed by atoms with E-state index >= 15 is 0 Å². The third-order valence-corrected chi connectivity index (χ3v) is 7.03. The molecule has 10 heteroatoms. The molecule has 0 spiro atoms. The van der Waals surface area contributed by atoms with E-state index in [-0.39, 0.29) is 16.4 Å². The fourth-order valence-electron chi connectivity index (χ4n) is 2.27. The molecule has 6 nitrogen and oxygen atoms in total. The van der Waals surface area contributed by atoms with E-state index < -0.39 is 4.92 Å². The molecule has 2 aromatic rings. The first-order chi connectivity index (χ1) is 11.9. The molecule has 1 aliphatic heterocycles. The van der Waals surface area contributed by atoms with E-state index in [9.17, 15) is 14.9 Å². The van der Waals surface area contributed by atoms with Gasteiger partial charge < -0.3 is 10.2 Å². The number of carbonyl (C=O) groups excluding carboxylic acids is 1. The Morgan fingerprint density at radius 2 is 1.92 bits per heavy atom. The molecule has 130 valence electrons. The SMILES string of the molecule is CN1C(c2ccc(Br)cc2)=C(Br)SC1NC(=O)c1ccc([N+](=O)[O-])s1. The van der Waals surface area contributed by atoms with Crippen LogP contribution in [0.15, 0.2) is 44.7 Å². The van der Waals surface area contributed by atoms with Crippen LogP contribution < -0.4 is 5.32 Å². The van der Waals surface area contributed by atoms with Gasteiger partial charge in [0, 0.05) is 17.6 Å². The van der Waals surface area contributed by atoms with E-state index in [1.54, 1.807) is 0 Å². The molecular formula is C15H11Br2N3O3S2. The summed E-state index contributed by atoms with van der Waals surface area (Å²) in [6.45, 7) is 0. The van der Waals surface area contributed by atoms with Crippen molar-refractivity contribution in [3.8, 4) is 0 Å². The molecule has 0 fully saturated rings. The number of benzene rings is 1. The zero-order valence-corrected chi connectivity index (χ0v) is 17.5. The van der Waals surface area contributed by atoms with Crippen LogP contribution in [0.2, 0.25) is 0 Å². The van der Waals surface area contributed by atoms with Crippen molar-refractivity contribution in [1.82, 2.24) is 10.2 Å². The standard InChI is InChI=1S/C15H11Br2N3O3S2/c1-19-12(8-2-4-9(16)5-3-8)13(17)25-15(19)18-14(21)10-6-7-11(24-10)20(22)23/h2-7,15H,1H3,(H,18,21). The van der Waals surface area contributed by atoms with Gasteiger partial charge in [0.2, 0.25) is 0 Å². The highest BCUT2D eigenvalue weighted by Gasteiger charge is 2.31. The maximum atomic E-state index is 12.4. The lowest BCUT2D eigenvalue weighted by Gasteiger charge is -2.24. The zero-order chi connectivity index (χ0) is 18.1. The summed E-state index contributed by atoms with van der Waals surface area (Å²) in [5.74, 6) is -0.334. The second-order valence-electron chi connectivity index (χ2n) is 5.08. The summed E-state index contributed by atoms with van der Waals surface area (Å²) in [5.41, 5.74) is 1.69. The summed E-state index contributed by atoms with van der Waals surface area (Å²) in [6, 6.07) is 10.7. The molecular weight excluding hydrogens is 494 g/mol. The number of amides is 1. The molecule has 1 aromatic carbocycles. The first-order valence-electron chi connectivity index (χ1n) is 6.97. The van der Waals surface area contributed by atoms with Gasteiger partial charge in [-0.1, -0.05) is 51.2 Å². The van der Waals surface area contributed by atoms with Crippen LogP contribution in [-0.2, 0) is 0 Å². The minimum absolute atomic E-state index is 0.0487. The smallest absolute Gasteiger partial charge is 0.324 e. The van der Waals surface area contributed by atoms with Crippen LogP contribution in [0.5, 0.6) is 0 Å². The van der Waals surface area contributed by atoms with E-state index in [2.05, 4.69) is 37.2 Å². The predicted octanol–water partition coefficient (Wildman–Crippen LogP) is 4.83. The van der Waals surface area contributed by atoms with Crippen LogP contribution in [0.3, 0.4) is 0 Å². The maximum absolute atomic E-state index is 12.4. The van der Waals surface area contributed by atoms with Gasteiger partial charge in [-0.3, -0.25) is 14.9 Å². The molecule has 0 bridgehead atoms. The predicted molar refractivity (Wildman–Crippen MR) is 108 cm³/mol. The van der Waals surface area contributed by atoms with Gasteiger partial charge in [-0.15, -0.1) is 0 Å². The van der Waals surface area contributed by atoms with E-state index in [0.29, 0.717) is 4.88 Å². The second kappa shape index (κ2) is 7.48. The van der Waals surface area contributed by atoms with E-state index in [1.807, 2.05) is 36.2 Å². The van der Waals surface area contributed by atoms with Crippen LogP contribution in [-0.4, -0.2) is 28.3 Å². The van der Waals surface area contributed by atoms with Crippen molar-refractivity contribution in [2.24, 2.45) is 0 Å². The van der Waals surface area contributed by atoms with Gasteiger partial charge in [0.1, 0.15) is 0 Å². The lowest BCUT2D eigenvalue weighted by Crippen LogP contribution is -2.40. The van der Waals surface area contributed by atoms with Gasteiger partial charge in [-0.2, -0.15) is 0 Å². The van der Waals surface area contributed by atoms with Crippen molar-refractivity contribution in [3.63, 3.8) is 0 Å². The van der Waals surface area contributed by atoms with Crippen molar-refractivity contribution in [3.05, 3.63) is 65.2 Å². The Morgan fingerprint density at radius 3 is 2.52 bits per heavy atom. The second-order valence-corrected chi connectivity index (χ2v) is 9.47. The van der Waals surface area contributed by atoms with Gasteiger partial charge >= 0.3 is 5.00 Å². The lowest BCUT2D eigenvalue weighted by atomic mass is 10.1. The van der Waals surface area contributed by atoms with Gasteiger partial charge in [-0.25, -0.2) is 0 Å². The Kier molecular flexibility index (Phi) is 5.52. The van der Waals surface area contributed by atoms with E-state index in [1.165, 1.54) is 23.9 Å². The first-order valence-corrected chi connectivity index (χ1v) is 10.3. The molecule has 3 rings (SSSR count). The summed E-state index contributed by atoms with van der Waals surface area (Å²) in [7, 11) is 1.89. The van der Waals surface area contributed by atoms with Crippen molar-refractivity contribution in [2.75, 3.05) is 7.05 Å². The van der Waals surface area contributed by atoms with Crippen LogP contribution in [0.1, 0.15) is 15.2 Å². The molecule has 2 heterocycles. The molecule has 1 amide bonds. The third kappa shape index (κ3) is 3.91. The van der Waals surface area contributed by atoms with Crippen LogP contribution >= 0.6 is 55.0 Å². The number of nitrogens with zero attached hydrogens (tertiary/aromatic N) is 2. The number of rotatable bonds is 4. The van der Waals surface area contributed by atoms with Crippen LogP contribution in [0, 0.1) is 10.1 Å². The summed E-state index contributed by atoms with van der Waals surface area (Å²) in [5, 5.41) is 13.6.